The molecule has 0 spiro atoms. The maximum Gasteiger partial charge on any atom is 0.0113 e. The highest BCUT2D eigenvalue weighted by atomic mass is 15.3. The minimum atomic E-state index is 0.461. The average molecular weight is 255 g/mol. The lowest BCUT2D eigenvalue weighted by Crippen LogP contribution is -2.51. The Hall–Kier alpha value is -0.120. The van der Waals surface area contributed by atoms with Crippen LogP contribution in [0.15, 0.2) is 0 Å². The van der Waals surface area contributed by atoms with E-state index in [9.17, 15) is 0 Å². The molecule has 0 aromatic rings. The van der Waals surface area contributed by atoms with Gasteiger partial charge >= 0.3 is 0 Å². The lowest BCUT2D eigenvalue weighted by Gasteiger charge is -2.39. The fraction of sp³-hybridized carbons (Fsp3) is 1.00. The molecule has 1 atom stereocenters. The first-order valence-electron chi connectivity index (χ1n) is 7.62. The highest BCUT2D eigenvalue weighted by molar-refractivity contribution is 4.79. The van der Waals surface area contributed by atoms with Gasteiger partial charge in [0.25, 0.3) is 0 Å². The topological polar surface area (TPSA) is 32.5 Å². The van der Waals surface area contributed by atoms with Gasteiger partial charge in [-0.15, -0.1) is 0 Å². The maximum atomic E-state index is 5.70. The third-order valence-electron chi connectivity index (χ3n) is 4.07. The van der Waals surface area contributed by atoms with E-state index in [4.69, 9.17) is 5.73 Å². The van der Waals surface area contributed by atoms with Crippen molar-refractivity contribution in [1.82, 2.24) is 9.80 Å². The molecule has 108 valence electrons. The van der Waals surface area contributed by atoms with E-state index in [2.05, 4.69) is 37.5 Å². The third-order valence-corrected chi connectivity index (χ3v) is 4.07. The van der Waals surface area contributed by atoms with Crippen molar-refractivity contribution in [3.63, 3.8) is 0 Å². The van der Waals surface area contributed by atoms with Crippen molar-refractivity contribution in [1.29, 1.82) is 0 Å². The Labute approximate surface area is 114 Å². The van der Waals surface area contributed by atoms with Crippen LogP contribution in [-0.2, 0) is 0 Å². The Balaban J connectivity index is 2.27. The summed E-state index contributed by atoms with van der Waals surface area (Å²) in [6.07, 6.45) is 3.69. The van der Waals surface area contributed by atoms with E-state index >= 15 is 0 Å². The van der Waals surface area contributed by atoms with Gasteiger partial charge < -0.3 is 10.6 Å². The highest BCUT2D eigenvalue weighted by Crippen LogP contribution is 2.20. The molecule has 0 saturated carbocycles. The van der Waals surface area contributed by atoms with Gasteiger partial charge in [0.1, 0.15) is 0 Å². The molecular weight excluding hydrogens is 222 g/mol. The standard InChI is InChI=1S/C15H33N3/c1-5-14(6-8-16)18-12-10-17(11-13-18)9-7-15(2,3)4/h14H,5-13,16H2,1-4H3. The van der Waals surface area contributed by atoms with Gasteiger partial charge in [0.05, 0.1) is 0 Å². The Bertz CT molecular complexity index is 214. The van der Waals surface area contributed by atoms with E-state index in [0.717, 1.165) is 13.0 Å². The van der Waals surface area contributed by atoms with Gasteiger partial charge in [-0.1, -0.05) is 27.7 Å². The molecule has 1 saturated heterocycles. The molecule has 0 aromatic carbocycles. The van der Waals surface area contributed by atoms with Crippen LogP contribution in [0.3, 0.4) is 0 Å². The van der Waals surface area contributed by atoms with Crippen LogP contribution in [0.1, 0.15) is 47.0 Å². The molecule has 1 aliphatic rings. The molecule has 1 aliphatic heterocycles. The van der Waals surface area contributed by atoms with Gasteiger partial charge in [-0.25, -0.2) is 0 Å². The Morgan fingerprint density at radius 3 is 2.17 bits per heavy atom. The highest BCUT2D eigenvalue weighted by Gasteiger charge is 2.22. The number of hydrogen-bond donors (Lipinski definition) is 1. The van der Waals surface area contributed by atoms with E-state index in [1.165, 1.54) is 45.6 Å². The molecule has 3 nitrogen and oxygen atoms in total. The van der Waals surface area contributed by atoms with Crippen molar-refractivity contribution >= 4 is 0 Å². The lowest BCUT2D eigenvalue weighted by atomic mass is 9.92. The van der Waals surface area contributed by atoms with Crippen molar-refractivity contribution < 1.29 is 0 Å². The number of nitrogens with two attached hydrogens (primary N) is 1. The van der Waals surface area contributed by atoms with Gasteiger partial charge in [0.2, 0.25) is 0 Å². The fourth-order valence-corrected chi connectivity index (χ4v) is 2.68. The smallest absolute Gasteiger partial charge is 0.0113 e. The summed E-state index contributed by atoms with van der Waals surface area (Å²) in [6.45, 7) is 16.3. The van der Waals surface area contributed by atoms with E-state index in [-0.39, 0.29) is 0 Å². The summed E-state index contributed by atoms with van der Waals surface area (Å²) in [7, 11) is 0. The summed E-state index contributed by atoms with van der Waals surface area (Å²) in [5, 5.41) is 0. The van der Waals surface area contributed by atoms with Gasteiger partial charge in [-0.2, -0.15) is 0 Å². The van der Waals surface area contributed by atoms with Crippen molar-refractivity contribution in [2.75, 3.05) is 39.3 Å². The molecule has 1 heterocycles. The van der Waals surface area contributed by atoms with E-state index in [0.29, 0.717) is 11.5 Å². The van der Waals surface area contributed by atoms with E-state index < -0.39 is 0 Å². The molecular formula is C15H33N3. The monoisotopic (exact) mass is 255 g/mol. The summed E-state index contributed by atoms with van der Waals surface area (Å²) >= 11 is 0. The van der Waals surface area contributed by atoms with Gasteiger partial charge in [0, 0.05) is 32.2 Å². The molecule has 1 rings (SSSR count). The van der Waals surface area contributed by atoms with Crippen molar-refractivity contribution in [2.45, 2.75) is 53.0 Å². The maximum absolute atomic E-state index is 5.70. The molecule has 3 heteroatoms. The zero-order valence-electron chi connectivity index (χ0n) is 12.9. The summed E-state index contributed by atoms with van der Waals surface area (Å²) < 4.78 is 0. The lowest BCUT2D eigenvalue weighted by molar-refractivity contribution is 0.0845. The predicted molar refractivity (Wildman–Crippen MR) is 79.8 cm³/mol. The molecule has 0 bridgehead atoms. The molecule has 1 fully saturated rings. The third kappa shape index (κ3) is 5.68. The molecule has 0 aromatic heterocycles. The molecule has 0 radical (unpaired) electrons. The van der Waals surface area contributed by atoms with Crippen LogP contribution in [0.5, 0.6) is 0 Å². The summed E-state index contributed by atoms with van der Waals surface area (Å²) in [5.74, 6) is 0. The Kier molecular flexibility index (Phi) is 6.61. The van der Waals surface area contributed by atoms with Gasteiger partial charge in [-0.3, -0.25) is 4.90 Å². The Morgan fingerprint density at radius 1 is 1.11 bits per heavy atom. The minimum Gasteiger partial charge on any atom is -0.330 e. The van der Waals surface area contributed by atoms with Crippen LogP contribution in [0.4, 0.5) is 0 Å². The Morgan fingerprint density at radius 2 is 1.72 bits per heavy atom. The predicted octanol–water partition coefficient (Wildman–Crippen LogP) is 2.17. The number of rotatable bonds is 6. The number of nitrogens with zero attached hydrogens (tertiary/aromatic N) is 2. The number of hydrogen-bond acceptors (Lipinski definition) is 3. The first-order valence-corrected chi connectivity index (χ1v) is 7.62. The second kappa shape index (κ2) is 7.46. The van der Waals surface area contributed by atoms with Crippen LogP contribution in [0.25, 0.3) is 0 Å². The van der Waals surface area contributed by atoms with Crippen LogP contribution in [0.2, 0.25) is 0 Å². The fourth-order valence-electron chi connectivity index (χ4n) is 2.68. The molecule has 2 N–H and O–H groups in total. The van der Waals surface area contributed by atoms with Crippen LogP contribution in [0, 0.1) is 5.41 Å². The molecule has 1 unspecified atom stereocenters. The summed E-state index contributed by atoms with van der Waals surface area (Å²) in [6, 6.07) is 0.708. The zero-order valence-corrected chi connectivity index (χ0v) is 12.9. The first-order chi connectivity index (χ1) is 8.46. The van der Waals surface area contributed by atoms with Crippen LogP contribution < -0.4 is 5.73 Å². The van der Waals surface area contributed by atoms with Crippen LogP contribution >= 0.6 is 0 Å². The van der Waals surface area contributed by atoms with E-state index in [1.54, 1.807) is 0 Å². The van der Waals surface area contributed by atoms with E-state index in [1.807, 2.05) is 0 Å². The quantitative estimate of drug-likeness (QED) is 0.789. The van der Waals surface area contributed by atoms with Crippen molar-refractivity contribution in [3.05, 3.63) is 0 Å². The van der Waals surface area contributed by atoms with Crippen LogP contribution in [-0.4, -0.2) is 55.1 Å². The van der Waals surface area contributed by atoms with Crippen molar-refractivity contribution in [3.8, 4) is 0 Å². The summed E-state index contributed by atoms with van der Waals surface area (Å²) in [5.41, 5.74) is 6.16. The van der Waals surface area contributed by atoms with Gasteiger partial charge in [-0.05, 0) is 37.8 Å². The first kappa shape index (κ1) is 15.9. The SMILES string of the molecule is CCC(CCN)N1CCN(CCC(C)(C)C)CC1. The largest absolute Gasteiger partial charge is 0.330 e. The molecule has 0 aliphatic carbocycles. The molecule has 18 heavy (non-hydrogen) atoms. The second-order valence-corrected chi connectivity index (χ2v) is 6.83. The summed E-state index contributed by atoms with van der Waals surface area (Å²) in [4.78, 5) is 5.26. The number of piperazine rings is 1. The van der Waals surface area contributed by atoms with Gasteiger partial charge in [0.15, 0.2) is 0 Å². The second-order valence-electron chi connectivity index (χ2n) is 6.83. The molecule has 0 amide bonds. The average Bonchev–Trinajstić information content (AvgIpc) is 2.33. The zero-order chi connectivity index (χ0) is 13.6. The normalized spacial score (nSPS) is 21.2. The van der Waals surface area contributed by atoms with Crippen molar-refractivity contribution in [2.24, 2.45) is 11.1 Å². The minimum absolute atomic E-state index is 0.461.